The van der Waals surface area contributed by atoms with E-state index in [9.17, 15) is 4.79 Å². The first-order valence-electron chi connectivity index (χ1n) is 6.80. The zero-order valence-corrected chi connectivity index (χ0v) is 11.1. The van der Waals surface area contributed by atoms with Crippen molar-refractivity contribution in [2.45, 2.75) is 25.7 Å². The molecule has 0 unspecified atom stereocenters. The van der Waals surface area contributed by atoms with Gasteiger partial charge < -0.3 is 0 Å². The second-order valence-corrected chi connectivity index (χ2v) is 4.66. The van der Waals surface area contributed by atoms with E-state index in [1.807, 2.05) is 48.5 Å². The van der Waals surface area contributed by atoms with Crippen LogP contribution in [0.25, 0.3) is 0 Å². The van der Waals surface area contributed by atoms with Gasteiger partial charge in [-0.1, -0.05) is 74.4 Å². The second kappa shape index (κ2) is 6.89. The Morgan fingerprint density at radius 1 is 0.895 bits per heavy atom. The molecule has 0 spiro atoms. The zero-order chi connectivity index (χ0) is 13.5. The van der Waals surface area contributed by atoms with Crippen LogP contribution in [-0.2, 0) is 6.42 Å². The van der Waals surface area contributed by atoms with E-state index in [1.165, 1.54) is 0 Å². The summed E-state index contributed by atoms with van der Waals surface area (Å²) in [5.74, 6) is 0.117. The first-order valence-corrected chi connectivity index (χ1v) is 6.80. The number of carbonyl (C=O) groups is 1. The standard InChI is InChI=1S/C18H19O/c1-2-3-5-10-15-11-8-9-14-17(15)18(19)16-12-6-4-7-13-16/h4,6-9,11-14H,1-3,5,10H2. The van der Waals surface area contributed by atoms with Crippen LogP contribution in [0.5, 0.6) is 0 Å². The first-order chi connectivity index (χ1) is 9.33. The van der Waals surface area contributed by atoms with Gasteiger partial charge in [0.25, 0.3) is 0 Å². The smallest absolute Gasteiger partial charge is 0.193 e. The van der Waals surface area contributed by atoms with Crippen molar-refractivity contribution in [1.29, 1.82) is 0 Å². The predicted molar refractivity (Wildman–Crippen MR) is 79.2 cm³/mol. The summed E-state index contributed by atoms with van der Waals surface area (Å²) < 4.78 is 0. The summed E-state index contributed by atoms with van der Waals surface area (Å²) >= 11 is 0. The molecule has 0 aliphatic carbocycles. The summed E-state index contributed by atoms with van der Waals surface area (Å²) in [6.07, 6.45) is 4.09. The molecule has 0 amide bonds. The van der Waals surface area contributed by atoms with Crippen LogP contribution in [0.1, 0.15) is 40.7 Å². The zero-order valence-electron chi connectivity index (χ0n) is 11.1. The lowest BCUT2D eigenvalue weighted by Crippen LogP contribution is -2.05. The highest BCUT2D eigenvalue weighted by Crippen LogP contribution is 2.17. The normalized spacial score (nSPS) is 10.4. The van der Waals surface area contributed by atoms with Gasteiger partial charge in [-0.2, -0.15) is 0 Å². The maximum atomic E-state index is 12.5. The topological polar surface area (TPSA) is 17.1 Å². The highest BCUT2D eigenvalue weighted by Gasteiger charge is 2.12. The predicted octanol–water partition coefficient (Wildman–Crippen LogP) is 4.46. The molecule has 2 aromatic rings. The van der Waals surface area contributed by atoms with Gasteiger partial charge in [-0.15, -0.1) is 0 Å². The number of aryl methyl sites for hydroxylation is 1. The van der Waals surface area contributed by atoms with Crippen LogP contribution < -0.4 is 0 Å². The molecular formula is C18H19O. The second-order valence-electron chi connectivity index (χ2n) is 4.66. The van der Waals surface area contributed by atoms with Crippen molar-refractivity contribution in [3.05, 3.63) is 78.2 Å². The number of carbonyl (C=O) groups excluding carboxylic acids is 1. The number of ketones is 1. The minimum atomic E-state index is 0.117. The van der Waals surface area contributed by atoms with E-state index in [-0.39, 0.29) is 5.78 Å². The van der Waals surface area contributed by atoms with Crippen LogP contribution in [0.3, 0.4) is 0 Å². The van der Waals surface area contributed by atoms with Gasteiger partial charge in [-0.05, 0) is 18.4 Å². The molecule has 0 heterocycles. The summed E-state index contributed by atoms with van der Waals surface area (Å²) in [7, 11) is 0. The fraction of sp³-hybridized carbons (Fsp3) is 0.222. The number of unbranched alkanes of at least 4 members (excludes halogenated alkanes) is 2. The van der Waals surface area contributed by atoms with Crippen LogP contribution in [0, 0.1) is 6.92 Å². The van der Waals surface area contributed by atoms with E-state index in [4.69, 9.17) is 0 Å². The van der Waals surface area contributed by atoms with Gasteiger partial charge in [-0.25, -0.2) is 0 Å². The van der Waals surface area contributed by atoms with E-state index in [2.05, 4.69) is 13.0 Å². The Labute approximate surface area is 115 Å². The molecule has 2 rings (SSSR count). The average molecular weight is 251 g/mol. The molecule has 0 saturated heterocycles. The minimum absolute atomic E-state index is 0.117. The van der Waals surface area contributed by atoms with Gasteiger partial charge in [0.05, 0.1) is 0 Å². The number of rotatable bonds is 6. The average Bonchev–Trinajstić information content (AvgIpc) is 2.48. The van der Waals surface area contributed by atoms with Crippen LogP contribution in [0.15, 0.2) is 54.6 Å². The van der Waals surface area contributed by atoms with Gasteiger partial charge in [0, 0.05) is 11.1 Å². The molecule has 1 radical (unpaired) electrons. The molecule has 0 N–H and O–H groups in total. The van der Waals surface area contributed by atoms with Crippen molar-refractivity contribution in [2.75, 3.05) is 0 Å². The molecule has 0 bridgehead atoms. The number of hydrogen-bond acceptors (Lipinski definition) is 1. The Bertz CT molecular complexity index is 528. The SMILES string of the molecule is [CH2]CCCCc1ccccc1C(=O)c1ccccc1. The van der Waals surface area contributed by atoms with Crippen molar-refractivity contribution < 1.29 is 4.79 Å². The van der Waals surface area contributed by atoms with Crippen molar-refractivity contribution in [3.8, 4) is 0 Å². The molecule has 0 fully saturated rings. The van der Waals surface area contributed by atoms with Gasteiger partial charge in [0.15, 0.2) is 5.78 Å². The monoisotopic (exact) mass is 251 g/mol. The van der Waals surface area contributed by atoms with Gasteiger partial charge in [-0.3, -0.25) is 4.79 Å². The number of hydrogen-bond donors (Lipinski definition) is 0. The minimum Gasteiger partial charge on any atom is -0.289 e. The van der Waals surface area contributed by atoms with E-state index in [0.29, 0.717) is 0 Å². The Morgan fingerprint density at radius 3 is 2.32 bits per heavy atom. The molecular weight excluding hydrogens is 232 g/mol. The fourth-order valence-electron chi connectivity index (χ4n) is 2.20. The summed E-state index contributed by atoms with van der Waals surface area (Å²) in [5, 5.41) is 0. The van der Waals surface area contributed by atoms with Gasteiger partial charge in [0.1, 0.15) is 0 Å². The maximum absolute atomic E-state index is 12.5. The Morgan fingerprint density at radius 2 is 1.58 bits per heavy atom. The highest BCUT2D eigenvalue weighted by molar-refractivity contribution is 6.09. The molecule has 2 aromatic carbocycles. The Kier molecular flexibility index (Phi) is 4.91. The van der Waals surface area contributed by atoms with Crippen LogP contribution in [0.2, 0.25) is 0 Å². The van der Waals surface area contributed by atoms with Crippen LogP contribution >= 0.6 is 0 Å². The number of benzene rings is 2. The molecule has 0 aliphatic rings. The third-order valence-corrected chi connectivity index (χ3v) is 3.24. The van der Waals surface area contributed by atoms with Gasteiger partial charge in [0.2, 0.25) is 0 Å². The molecule has 0 saturated carbocycles. The van der Waals surface area contributed by atoms with Gasteiger partial charge >= 0.3 is 0 Å². The lowest BCUT2D eigenvalue weighted by Gasteiger charge is -2.08. The summed E-state index contributed by atoms with van der Waals surface area (Å²) in [6.45, 7) is 3.86. The third-order valence-electron chi connectivity index (χ3n) is 3.24. The highest BCUT2D eigenvalue weighted by atomic mass is 16.1. The molecule has 1 heteroatoms. The van der Waals surface area contributed by atoms with Crippen molar-refractivity contribution in [3.63, 3.8) is 0 Å². The van der Waals surface area contributed by atoms with E-state index < -0.39 is 0 Å². The summed E-state index contributed by atoms with van der Waals surface area (Å²) in [6, 6.07) is 17.4. The third kappa shape index (κ3) is 3.54. The molecule has 19 heavy (non-hydrogen) atoms. The van der Waals surface area contributed by atoms with Crippen molar-refractivity contribution in [2.24, 2.45) is 0 Å². The molecule has 0 aliphatic heterocycles. The fourth-order valence-corrected chi connectivity index (χ4v) is 2.20. The van der Waals surface area contributed by atoms with Crippen LogP contribution in [-0.4, -0.2) is 5.78 Å². The van der Waals surface area contributed by atoms with Crippen molar-refractivity contribution in [1.82, 2.24) is 0 Å². The first kappa shape index (κ1) is 13.5. The molecule has 0 aromatic heterocycles. The Balaban J connectivity index is 2.22. The Hall–Kier alpha value is -1.89. The summed E-state index contributed by atoms with van der Waals surface area (Å²) in [5.41, 5.74) is 2.73. The molecule has 0 atom stereocenters. The molecule has 97 valence electrons. The quantitative estimate of drug-likeness (QED) is 0.547. The largest absolute Gasteiger partial charge is 0.289 e. The van der Waals surface area contributed by atoms with Crippen LogP contribution in [0.4, 0.5) is 0 Å². The summed E-state index contributed by atoms with van der Waals surface area (Å²) in [4.78, 5) is 12.5. The van der Waals surface area contributed by atoms with Crippen molar-refractivity contribution >= 4 is 5.78 Å². The molecule has 1 nitrogen and oxygen atoms in total. The van der Waals surface area contributed by atoms with E-state index in [0.717, 1.165) is 42.4 Å². The van der Waals surface area contributed by atoms with E-state index >= 15 is 0 Å². The van der Waals surface area contributed by atoms with E-state index in [1.54, 1.807) is 0 Å². The maximum Gasteiger partial charge on any atom is 0.193 e. The lowest BCUT2D eigenvalue weighted by molar-refractivity contribution is 0.103. The lowest BCUT2D eigenvalue weighted by atomic mass is 9.95.